The molecular weight excluding hydrogens is 531 g/mol. The number of halogens is 1. The van der Waals surface area contributed by atoms with Crippen LogP contribution in [0.3, 0.4) is 0 Å². The zero-order valence-electron chi connectivity index (χ0n) is 18.3. The Balaban J connectivity index is 1.83. The third-order valence-corrected chi connectivity index (χ3v) is 5.10. The van der Waals surface area contributed by atoms with Gasteiger partial charge in [-0.2, -0.15) is 0 Å². The Morgan fingerprint density at radius 2 is 1.94 bits per heavy atom. The summed E-state index contributed by atoms with van der Waals surface area (Å²) in [6.45, 7) is 5.69. The van der Waals surface area contributed by atoms with Gasteiger partial charge < -0.3 is 23.9 Å². The molecule has 0 aliphatic carbocycles. The highest BCUT2D eigenvalue weighted by Gasteiger charge is 2.34. The number of benzene rings is 1. The molecule has 2 aromatic rings. The number of hydrogen-bond donors (Lipinski definition) is 1. The molecule has 9 nitrogen and oxygen atoms in total. The van der Waals surface area contributed by atoms with Gasteiger partial charge in [0.25, 0.3) is 5.91 Å². The molecule has 1 N–H and O–H groups in total. The highest BCUT2D eigenvalue weighted by Crippen LogP contribution is 2.37. The van der Waals surface area contributed by atoms with Gasteiger partial charge in [0.1, 0.15) is 17.1 Å². The third-order valence-electron chi connectivity index (χ3n) is 4.30. The molecule has 1 aliphatic rings. The van der Waals surface area contributed by atoms with Gasteiger partial charge >= 0.3 is 12.0 Å². The van der Waals surface area contributed by atoms with Gasteiger partial charge in [-0.15, -0.1) is 0 Å². The molecule has 10 heteroatoms. The maximum atomic E-state index is 12.8. The molecule has 0 bridgehead atoms. The summed E-state index contributed by atoms with van der Waals surface area (Å²) in [5.74, 6) is 0.217. The molecule has 0 saturated carbocycles. The second-order valence-electron chi connectivity index (χ2n) is 7.89. The minimum atomic E-state index is -0.642. The zero-order valence-corrected chi connectivity index (χ0v) is 20.4. The smallest absolute Gasteiger partial charge is 0.373 e. The Bertz CT molecular complexity index is 1100. The van der Waals surface area contributed by atoms with E-state index in [9.17, 15) is 14.4 Å². The Morgan fingerprint density at radius 1 is 1.22 bits per heavy atom. The fourth-order valence-corrected chi connectivity index (χ4v) is 3.67. The lowest BCUT2D eigenvalue weighted by molar-refractivity contribution is -0.123. The molecule has 1 fully saturated rings. The standard InChI is InChI=1S/C22H23IN2O7/c1-22(2,3)32-18-14(23)8-12(10-17(18)29-4)9-15-19(26)25(21(28)24-15)11-13-6-7-16(31-13)20(27)30-5/h6-10H,11H2,1-5H3,(H,24,28)/b15-9-. The summed E-state index contributed by atoms with van der Waals surface area (Å²) in [4.78, 5) is 37.7. The number of furan rings is 1. The molecule has 0 unspecified atom stereocenters. The van der Waals surface area contributed by atoms with Gasteiger partial charge in [0.2, 0.25) is 5.76 Å². The molecule has 2 heterocycles. The Morgan fingerprint density at radius 3 is 2.56 bits per heavy atom. The van der Waals surface area contributed by atoms with Crippen molar-refractivity contribution in [3.63, 3.8) is 0 Å². The number of methoxy groups -OCH3 is 2. The Labute approximate surface area is 198 Å². The van der Waals surface area contributed by atoms with E-state index in [1.807, 2.05) is 26.8 Å². The van der Waals surface area contributed by atoms with Gasteiger partial charge in [0, 0.05) is 0 Å². The van der Waals surface area contributed by atoms with Gasteiger partial charge in [-0.3, -0.25) is 9.69 Å². The van der Waals surface area contributed by atoms with Crippen LogP contribution in [0.1, 0.15) is 42.6 Å². The lowest BCUT2D eigenvalue weighted by atomic mass is 10.1. The van der Waals surface area contributed by atoms with Crippen LogP contribution >= 0.6 is 22.6 Å². The van der Waals surface area contributed by atoms with Crippen LogP contribution in [-0.4, -0.2) is 42.6 Å². The topological polar surface area (TPSA) is 107 Å². The van der Waals surface area contributed by atoms with Gasteiger partial charge in [-0.1, -0.05) is 0 Å². The Kier molecular flexibility index (Phi) is 6.82. The molecule has 170 valence electrons. The predicted molar refractivity (Wildman–Crippen MR) is 123 cm³/mol. The largest absolute Gasteiger partial charge is 0.493 e. The second kappa shape index (κ2) is 9.23. The lowest BCUT2D eigenvalue weighted by Crippen LogP contribution is -2.30. The number of esters is 1. The van der Waals surface area contributed by atoms with Crippen molar-refractivity contribution in [3.05, 3.63) is 50.6 Å². The van der Waals surface area contributed by atoms with E-state index in [2.05, 4.69) is 32.6 Å². The average molecular weight is 554 g/mol. The number of hydrogen-bond acceptors (Lipinski definition) is 7. The average Bonchev–Trinajstić information content (AvgIpc) is 3.29. The normalized spacial score (nSPS) is 15.2. The summed E-state index contributed by atoms with van der Waals surface area (Å²) < 4.78 is 22.2. The van der Waals surface area contributed by atoms with Gasteiger partial charge in [0.15, 0.2) is 11.5 Å². The van der Waals surface area contributed by atoms with E-state index in [0.29, 0.717) is 17.1 Å². The monoisotopic (exact) mass is 554 g/mol. The van der Waals surface area contributed by atoms with Crippen LogP contribution in [-0.2, 0) is 16.1 Å². The molecule has 0 radical (unpaired) electrons. The molecule has 1 saturated heterocycles. The SMILES string of the molecule is COC(=O)c1ccc(CN2C(=O)N/C(=C\c3cc(I)c(OC(C)(C)C)c(OC)c3)C2=O)o1. The van der Waals surface area contributed by atoms with E-state index in [1.54, 1.807) is 12.1 Å². The van der Waals surface area contributed by atoms with Crippen LogP contribution in [0, 0.1) is 3.57 Å². The second-order valence-corrected chi connectivity index (χ2v) is 9.05. The summed E-state index contributed by atoms with van der Waals surface area (Å²) >= 11 is 2.13. The number of urea groups is 1. The van der Waals surface area contributed by atoms with Crippen LogP contribution in [0.15, 0.2) is 34.4 Å². The molecule has 0 spiro atoms. The number of amides is 3. The lowest BCUT2D eigenvalue weighted by Gasteiger charge is -2.24. The van der Waals surface area contributed by atoms with Crippen molar-refractivity contribution in [1.29, 1.82) is 0 Å². The molecule has 1 aliphatic heterocycles. The summed E-state index contributed by atoms with van der Waals surface area (Å²) in [6, 6.07) is 5.90. The zero-order chi connectivity index (χ0) is 23.6. The summed E-state index contributed by atoms with van der Waals surface area (Å²) in [6.07, 6.45) is 1.56. The number of imide groups is 1. The first-order chi connectivity index (χ1) is 15.0. The highest BCUT2D eigenvalue weighted by atomic mass is 127. The van der Waals surface area contributed by atoms with Gasteiger partial charge in [-0.05, 0) is 79.3 Å². The van der Waals surface area contributed by atoms with Crippen molar-refractivity contribution >= 4 is 46.6 Å². The molecule has 1 aromatic carbocycles. The molecule has 3 rings (SSSR count). The minimum Gasteiger partial charge on any atom is -0.493 e. The highest BCUT2D eigenvalue weighted by molar-refractivity contribution is 14.1. The molecule has 32 heavy (non-hydrogen) atoms. The van der Waals surface area contributed by atoms with E-state index >= 15 is 0 Å². The van der Waals surface area contributed by atoms with Crippen LogP contribution in [0.2, 0.25) is 0 Å². The van der Waals surface area contributed by atoms with Crippen LogP contribution < -0.4 is 14.8 Å². The molecular formula is C22H23IN2O7. The van der Waals surface area contributed by atoms with Gasteiger partial charge in [0.05, 0.1) is 24.3 Å². The number of carbonyl (C=O) groups is 3. The van der Waals surface area contributed by atoms with Crippen LogP contribution in [0.4, 0.5) is 4.79 Å². The van der Waals surface area contributed by atoms with Crippen LogP contribution in [0.5, 0.6) is 11.5 Å². The van der Waals surface area contributed by atoms with Crippen molar-refractivity contribution < 1.29 is 33.0 Å². The van der Waals surface area contributed by atoms with Crippen molar-refractivity contribution in [2.75, 3.05) is 14.2 Å². The maximum absolute atomic E-state index is 12.8. The van der Waals surface area contributed by atoms with Gasteiger partial charge in [-0.25, -0.2) is 9.59 Å². The van der Waals surface area contributed by atoms with Crippen molar-refractivity contribution in [2.24, 2.45) is 0 Å². The van der Waals surface area contributed by atoms with E-state index in [1.165, 1.54) is 26.4 Å². The number of nitrogens with one attached hydrogen (secondary N) is 1. The van der Waals surface area contributed by atoms with E-state index in [4.69, 9.17) is 13.9 Å². The Hall–Kier alpha value is -3.02. The van der Waals surface area contributed by atoms with E-state index in [-0.39, 0.29) is 23.8 Å². The van der Waals surface area contributed by atoms with Crippen molar-refractivity contribution in [2.45, 2.75) is 32.9 Å². The fourth-order valence-electron chi connectivity index (χ4n) is 2.94. The molecule has 1 aromatic heterocycles. The number of rotatable bonds is 6. The maximum Gasteiger partial charge on any atom is 0.373 e. The summed E-state index contributed by atoms with van der Waals surface area (Å²) in [5, 5.41) is 2.56. The predicted octanol–water partition coefficient (Wildman–Crippen LogP) is 3.95. The first-order valence-corrected chi connectivity index (χ1v) is 10.7. The first kappa shape index (κ1) is 23.6. The quantitative estimate of drug-likeness (QED) is 0.250. The van der Waals surface area contributed by atoms with Crippen molar-refractivity contribution in [3.8, 4) is 11.5 Å². The minimum absolute atomic E-state index is 0.00967. The van der Waals surface area contributed by atoms with E-state index in [0.717, 1.165) is 8.47 Å². The number of carbonyl (C=O) groups excluding carboxylic acids is 3. The number of nitrogens with zero attached hydrogens (tertiary/aromatic N) is 1. The van der Waals surface area contributed by atoms with Crippen LogP contribution in [0.25, 0.3) is 6.08 Å². The summed E-state index contributed by atoms with van der Waals surface area (Å²) in [7, 11) is 2.77. The molecule has 0 atom stereocenters. The number of ether oxygens (including phenoxy) is 3. The summed E-state index contributed by atoms with van der Waals surface area (Å²) in [5.41, 5.74) is 0.351. The van der Waals surface area contributed by atoms with E-state index < -0.39 is 23.5 Å². The third kappa shape index (κ3) is 5.23. The first-order valence-electron chi connectivity index (χ1n) is 9.60. The fraction of sp³-hybridized carbons (Fsp3) is 0.318. The van der Waals surface area contributed by atoms with Crippen molar-refractivity contribution in [1.82, 2.24) is 10.2 Å². The molecule has 3 amide bonds.